The van der Waals surface area contributed by atoms with E-state index in [0.717, 1.165) is 19.3 Å². The van der Waals surface area contributed by atoms with E-state index in [-0.39, 0.29) is 5.91 Å². The molecule has 1 aliphatic rings. The van der Waals surface area contributed by atoms with E-state index in [9.17, 15) is 4.79 Å². The van der Waals surface area contributed by atoms with Gasteiger partial charge in [0.2, 0.25) is 5.91 Å². The zero-order valence-electron chi connectivity index (χ0n) is 10.7. The molecule has 1 N–H and O–H groups in total. The zero-order valence-corrected chi connectivity index (χ0v) is 10.7. The number of hydrogen-bond donors (Lipinski definition) is 1. The Morgan fingerprint density at radius 3 is 2.82 bits per heavy atom. The fourth-order valence-corrected chi connectivity index (χ4v) is 2.84. The second kappa shape index (κ2) is 5.35. The molecular formula is C15H21NO. The van der Waals surface area contributed by atoms with Crippen LogP contribution in [-0.4, -0.2) is 11.9 Å². The van der Waals surface area contributed by atoms with Crippen LogP contribution in [0.5, 0.6) is 0 Å². The van der Waals surface area contributed by atoms with Crippen LogP contribution in [-0.2, 0) is 11.2 Å². The van der Waals surface area contributed by atoms with Crippen molar-refractivity contribution >= 4 is 5.91 Å². The third-order valence-corrected chi connectivity index (χ3v) is 3.77. The summed E-state index contributed by atoms with van der Waals surface area (Å²) < 4.78 is 0. The van der Waals surface area contributed by atoms with Gasteiger partial charge in [-0.05, 0) is 30.4 Å². The van der Waals surface area contributed by atoms with E-state index in [0.29, 0.717) is 18.4 Å². The zero-order chi connectivity index (χ0) is 12.3. The van der Waals surface area contributed by atoms with Crippen LogP contribution in [0.4, 0.5) is 0 Å². The predicted octanol–water partition coefficient (Wildman–Crippen LogP) is 3.02. The van der Waals surface area contributed by atoms with Crippen molar-refractivity contribution in [3.8, 4) is 0 Å². The molecule has 1 aromatic rings. The maximum atomic E-state index is 11.5. The topological polar surface area (TPSA) is 29.1 Å². The summed E-state index contributed by atoms with van der Waals surface area (Å²) in [6, 6.07) is 8.97. The van der Waals surface area contributed by atoms with Crippen LogP contribution in [0, 0.1) is 0 Å². The molecule has 0 heterocycles. The predicted molar refractivity (Wildman–Crippen MR) is 70.0 cm³/mol. The number of amides is 1. The maximum Gasteiger partial charge on any atom is 0.219 e. The summed E-state index contributed by atoms with van der Waals surface area (Å²) >= 11 is 0. The summed E-state index contributed by atoms with van der Waals surface area (Å²) in [4.78, 5) is 11.5. The third-order valence-electron chi connectivity index (χ3n) is 3.77. The van der Waals surface area contributed by atoms with Crippen molar-refractivity contribution in [2.75, 3.05) is 0 Å². The molecule has 0 spiro atoms. The summed E-state index contributed by atoms with van der Waals surface area (Å²) in [5.74, 6) is 0.656. The first-order chi connectivity index (χ1) is 8.26. The number of hydrogen-bond acceptors (Lipinski definition) is 1. The van der Waals surface area contributed by atoms with Gasteiger partial charge in [-0.1, -0.05) is 38.1 Å². The van der Waals surface area contributed by atoms with E-state index in [4.69, 9.17) is 0 Å². The van der Waals surface area contributed by atoms with Gasteiger partial charge in [-0.25, -0.2) is 0 Å². The van der Waals surface area contributed by atoms with Crippen LogP contribution in [0.3, 0.4) is 0 Å². The van der Waals surface area contributed by atoms with E-state index >= 15 is 0 Å². The van der Waals surface area contributed by atoms with E-state index in [1.54, 1.807) is 0 Å². The minimum absolute atomic E-state index is 0.174. The van der Waals surface area contributed by atoms with Crippen molar-refractivity contribution in [2.45, 2.75) is 51.5 Å². The van der Waals surface area contributed by atoms with Crippen LogP contribution in [0.1, 0.15) is 50.2 Å². The number of rotatable bonds is 3. The van der Waals surface area contributed by atoms with Gasteiger partial charge in [0, 0.05) is 18.4 Å². The summed E-state index contributed by atoms with van der Waals surface area (Å²) in [6.07, 6.45) is 3.82. The van der Waals surface area contributed by atoms with Gasteiger partial charge in [0.15, 0.2) is 0 Å². The molecule has 2 nitrogen and oxygen atoms in total. The fraction of sp³-hybridized carbons (Fsp3) is 0.533. The Bertz CT molecular complexity index is 400. The van der Waals surface area contributed by atoms with Gasteiger partial charge >= 0.3 is 0 Å². The third kappa shape index (κ3) is 2.51. The lowest BCUT2D eigenvalue weighted by molar-refractivity contribution is -0.121. The van der Waals surface area contributed by atoms with Crippen molar-refractivity contribution in [2.24, 2.45) is 0 Å². The Hall–Kier alpha value is -1.31. The Kier molecular flexibility index (Phi) is 3.82. The second-order valence-corrected chi connectivity index (χ2v) is 4.78. The quantitative estimate of drug-likeness (QED) is 0.851. The van der Waals surface area contributed by atoms with E-state index in [1.165, 1.54) is 11.1 Å². The Morgan fingerprint density at radius 2 is 2.12 bits per heavy atom. The van der Waals surface area contributed by atoms with Gasteiger partial charge in [0.25, 0.3) is 0 Å². The molecule has 0 bridgehead atoms. The normalized spacial score (nSPS) is 22.9. The van der Waals surface area contributed by atoms with Gasteiger partial charge in [-0.15, -0.1) is 0 Å². The highest BCUT2D eigenvalue weighted by atomic mass is 16.1. The SMILES string of the molecule is CCC(=O)NC1CCc2ccccc2C1CC. The van der Waals surface area contributed by atoms with Crippen molar-refractivity contribution in [3.05, 3.63) is 35.4 Å². The molecule has 0 saturated carbocycles. The monoisotopic (exact) mass is 231 g/mol. The van der Waals surface area contributed by atoms with Gasteiger partial charge in [0.05, 0.1) is 0 Å². The lowest BCUT2D eigenvalue weighted by Gasteiger charge is -2.33. The molecule has 0 radical (unpaired) electrons. The van der Waals surface area contributed by atoms with Crippen LogP contribution >= 0.6 is 0 Å². The maximum absolute atomic E-state index is 11.5. The Labute approximate surface area is 103 Å². The Balaban J connectivity index is 2.20. The van der Waals surface area contributed by atoms with Gasteiger partial charge in [0.1, 0.15) is 0 Å². The van der Waals surface area contributed by atoms with Gasteiger partial charge < -0.3 is 5.32 Å². The van der Waals surface area contributed by atoms with Crippen molar-refractivity contribution in [1.29, 1.82) is 0 Å². The minimum Gasteiger partial charge on any atom is -0.353 e. The largest absolute Gasteiger partial charge is 0.353 e. The summed E-state index contributed by atoms with van der Waals surface area (Å²) in [5, 5.41) is 3.17. The van der Waals surface area contributed by atoms with Crippen molar-refractivity contribution in [1.82, 2.24) is 5.32 Å². The number of carbonyl (C=O) groups excluding carboxylic acids is 1. The molecule has 2 heteroatoms. The first kappa shape index (κ1) is 12.2. The first-order valence-corrected chi connectivity index (χ1v) is 6.63. The summed E-state index contributed by atoms with van der Waals surface area (Å²) in [5.41, 5.74) is 2.89. The standard InChI is InChI=1S/C15H21NO/c1-3-12-13-8-6-5-7-11(13)9-10-14(12)16-15(17)4-2/h5-8,12,14H,3-4,9-10H2,1-2H3,(H,16,17). The van der Waals surface area contributed by atoms with Crippen LogP contribution in [0.2, 0.25) is 0 Å². The number of nitrogens with one attached hydrogen (secondary N) is 1. The lowest BCUT2D eigenvalue weighted by Crippen LogP contribution is -2.41. The van der Waals surface area contributed by atoms with Gasteiger partial charge in [-0.3, -0.25) is 4.79 Å². The molecule has 2 unspecified atom stereocenters. The molecule has 0 saturated heterocycles. The number of benzene rings is 1. The van der Waals surface area contributed by atoms with E-state index < -0.39 is 0 Å². The lowest BCUT2D eigenvalue weighted by atomic mass is 9.78. The van der Waals surface area contributed by atoms with Crippen molar-refractivity contribution < 1.29 is 4.79 Å². The van der Waals surface area contributed by atoms with Gasteiger partial charge in [-0.2, -0.15) is 0 Å². The molecular weight excluding hydrogens is 210 g/mol. The molecule has 2 rings (SSSR count). The molecule has 1 amide bonds. The molecule has 1 aromatic carbocycles. The summed E-state index contributed by atoms with van der Waals surface area (Å²) in [7, 11) is 0. The molecule has 0 aliphatic heterocycles. The molecule has 0 aromatic heterocycles. The smallest absolute Gasteiger partial charge is 0.219 e. The van der Waals surface area contributed by atoms with E-state index in [1.807, 2.05) is 6.92 Å². The highest BCUT2D eigenvalue weighted by Crippen LogP contribution is 2.33. The highest BCUT2D eigenvalue weighted by Gasteiger charge is 2.28. The van der Waals surface area contributed by atoms with E-state index in [2.05, 4.69) is 36.5 Å². The molecule has 92 valence electrons. The molecule has 2 atom stereocenters. The second-order valence-electron chi connectivity index (χ2n) is 4.78. The van der Waals surface area contributed by atoms with Crippen molar-refractivity contribution in [3.63, 3.8) is 0 Å². The van der Waals surface area contributed by atoms with Crippen LogP contribution in [0.25, 0.3) is 0 Å². The Morgan fingerprint density at radius 1 is 1.35 bits per heavy atom. The average molecular weight is 231 g/mol. The summed E-state index contributed by atoms with van der Waals surface area (Å²) in [6.45, 7) is 4.12. The minimum atomic E-state index is 0.174. The van der Waals surface area contributed by atoms with Crippen LogP contribution in [0.15, 0.2) is 24.3 Å². The number of carbonyl (C=O) groups is 1. The highest BCUT2D eigenvalue weighted by molar-refractivity contribution is 5.76. The first-order valence-electron chi connectivity index (χ1n) is 6.63. The fourth-order valence-electron chi connectivity index (χ4n) is 2.84. The number of aryl methyl sites for hydroxylation is 1. The molecule has 17 heavy (non-hydrogen) atoms. The van der Waals surface area contributed by atoms with Crippen LogP contribution < -0.4 is 5.32 Å². The average Bonchev–Trinajstić information content (AvgIpc) is 2.38. The number of fused-ring (bicyclic) bond motifs is 1. The molecule has 1 aliphatic carbocycles. The molecule has 0 fully saturated rings.